The highest BCUT2D eigenvalue weighted by molar-refractivity contribution is 5.49. The van der Waals surface area contributed by atoms with Gasteiger partial charge in [0.1, 0.15) is 18.1 Å². The van der Waals surface area contributed by atoms with Gasteiger partial charge in [0.25, 0.3) is 5.82 Å². The molecule has 0 aliphatic heterocycles. The molecular weight excluding hydrogens is 296 g/mol. The van der Waals surface area contributed by atoms with E-state index in [1.54, 1.807) is 0 Å². The Balaban J connectivity index is 2.34. The number of rotatable bonds is 2. The predicted octanol–water partition coefficient (Wildman–Crippen LogP) is 2.89. The molecule has 0 amide bonds. The summed E-state index contributed by atoms with van der Waals surface area (Å²) in [6.07, 6.45) is 8.07. The summed E-state index contributed by atoms with van der Waals surface area (Å²) >= 11 is 0. The molecule has 4 nitrogen and oxygen atoms in total. The number of nitrogens with zero attached hydrogens (tertiary/aromatic N) is 4. The van der Waals surface area contributed by atoms with Crippen LogP contribution in [0.3, 0.4) is 0 Å². The zero-order valence-electron chi connectivity index (χ0n) is 15.4. The molecular formula is C20H26N4+2. The van der Waals surface area contributed by atoms with E-state index in [4.69, 9.17) is 0 Å². The third-order valence-corrected chi connectivity index (χ3v) is 4.53. The average molecular weight is 322 g/mol. The maximum absolute atomic E-state index is 4.45. The van der Waals surface area contributed by atoms with Gasteiger partial charge in [-0.1, -0.05) is 30.4 Å². The lowest BCUT2D eigenvalue weighted by Gasteiger charge is -2.20. The molecule has 124 valence electrons. The Morgan fingerprint density at radius 1 is 1.00 bits per heavy atom. The van der Waals surface area contributed by atoms with E-state index in [1.807, 2.05) is 19.2 Å². The van der Waals surface area contributed by atoms with Crippen LogP contribution in [-0.2, 0) is 12.5 Å². The SMILES string of the molecule is Cc1c(-[n+]2cccnc2C)cc(C(C)(C)C)cc1-[n+]1cccn1C. The molecule has 1 aromatic carbocycles. The van der Waals surface area contributed by atoms with Crippen molar-refractivity contribution in [1.82, 2.24) is 9.67 Å². The van der Waals surface area contributed by atoms with E-state index in [2.05, 4.69) is 90.4 Å². The topological polar surface area (TPSA) is 25.6 Å². The Kier molecular flexibility index (Phi) is 3.99. The molecule has 0 aliphatic carbocycles. The Morgan fingerprint density at radius 3 is 2.29 bits per heavy atom. The summed E-state index contributed by atoms with van der Waals surface area (Å²) in [5.41, 5.74) is 4.98. The number of benzene rings is 1. The van der Waals surface area contributed by atoms with E-state index in [1.165, 1.54) is 22.5 Å². The van der Waals surface area contributed by atoms with Gasteiger partial charge in [0.15, 0.2) is 0 Å². The first kappa shape index (κ1) is 16.4. The molecule has 0 N–H and O–H groups in total. The first-order valence-electron chi connectivity index (χ1n) is 8.31. The van der Waals surface area contributed by atoms with Gasteiger partial charge in [0.2, 0.25) is 11.9 Å². The van der Waals surface area contributed by atoms with Gasteiger partial charge in [-0.3, -0.25) is 0 Å². The summed E-state index contributed by atoms with van der Waals surface area (Å²) in [4.78, 5) is 4.45. The van der Waals surface area contributed by atoms with Gasteiger partial charge in [0.05, 0.1) is 18.8 Å². The largest absolute Gasteiger partial charge is 0.300 e. The van der Waals surface area contributed by atoms with Crippen molar-refractivity contribution in [2.75, 3.05) is 0 Å². The zero-order chi connectivity index (χ0) is 17.5. The van der Waals surface area contributed by atoms with E-state index < -0.39 is 0 Å². The second-order valence-corrected chi connectivity index (χ2v) is 7.34. The maximum Gasteiger partial charge on any atom is 0.300 e. The molecule has 0 fully saturated rings. The molecule has 0 spiro atoms. The van der Waals surface area contributed by atoms with Gasteiger partial charge in [-0.15, -0.1) is 0 Å². The lowest BCUT2D eigenvalue weighted by atomic mass is 9.85. The summed E-state index contributed by atoms with van der Waals surface area (Å²) in [6.45, 7) is 11.0. The van der Waals surface area contributed by atoms with Gasteiger partial charge in [0, 0.05) is 25.1 Å². The van der Waals surface area contributed by atoms with E-state index in [0.717, 1.165) is 5.82 Å². The number of aryl methyl sites for hydroxylation is 2. The van der Waals surface area contributed by atoms with Crippen LogP contribution in [0.15, 0.2) is 49.1 Å². The fourth-order valence-corrected chi connectivity index (χ4v) is 2.98. The standard InChI is InChI=1S/C20H26N4/c1-15-18(23-11-7-9-21-16(23)2)13-17(20(3,4)5)14-19(15)24-12-8-10-22(24)6/h7-14H,1-6H3/q+2. The molecule has 4 heteroatoms. The molecule has 3 aromatic rings. The first-order chi connectivity index (χ1) is 11.3. The Morgan fingerprint density at radius 2 is 1.71 bits per heavy atom. The minimum Gasteiger partial charge on any atom is -0.200 e. The Hall–Kier alpha value is -2.49. The van der Waals surface area contributed by atoms with Gasteiger partial charge in [-0.2, -0.15) is 9.25 Å². The number of aromatic nitrogens is 4. The summed E-state index contributed by atoms with van der Waals surface area (Å²) in [5.74, 6) is 0.981. The fraction of sp³-hybridized carbons (Fsp3) is 0.350. The van der Waals surface area contributed by atoms with Crippen molar-refractivity contribution in [1.29, 1.82) is 0 Å². The van der Waals surface area contributed by atoms with E-state index in [-0.39, 0.29) is 5.41 Å². The molecule has 0 saturated heterocycles. The molecule has 0 atom stereocenters. The normalized spacial score (nSPS) is 11.8. The number of hydrogen-bond donors (Lipinski definition) is 0. The molecule has 0 radical (unpaired) electrons. The van der Waals surface area contributed by atoms with Crippen LogP contribution < -0.4 is 9.25 Å². The lowest BCUT2D eigenvalue weighted by molar-refractivity contribution is -0.683. The minimum atomic E-state index is 0.0690. The van der Waals surface area contributed by atoms with E-state index >= 15 is 0 Å². The lowest BCUT2D eigenvalue weighted by Crippen LogP contribution is -2.42. The number of hydrogen-bond acceptors (Lipinski definition) is 1. The quantitative estimate of drug-likeness (QED) is 0.666. The summed E-state index contributed by atoms with van der Waals surface area (Å²) < 4.78 is 6.44. The third kappa shape index (κ3) is 2.84. The van der Waals surface area contributed by atoms with Crippen LogP contribution in [0.2, 0.25) is 0 Å². The molecule has 24 heavy (non-hydrogen) atoms. The molecule has 0 bridgehead atoms. The first-order valence-corrected chi connectivity index (χ1v) is 8.31. The van der Waals surface area contributed by atoms with E-state index in [0.29, 0.717) is 0 Å². The molecule has 0 aliphatic rings. The van der Waals surface area contributed by atoms with Gasteiger partial charge >= 0.3 is 0 Å². The molecule has 2 aromatic heterocycles. The summed E-state index contributed by atoms with van der Waals surface area (Å²) in [7, 11) is 2.06. The van der Waals surface area contributed by atoms with Crippen molar-refractivity contribution >= 4 is 0 Å². The Bertz CT molecular complexity index is 885. The highest BCUT2D eigenvalue weighted by Gasteiger charge is 2.26. The van der Waals surface area contributed by atoms with Crippen LogP contribution in [0, 0.1) is 13.8 Å². The Labute approximate surface area is 144 Å². The van der Waals surface area contributed by atoms with Crippen molar-refractivity contribution < 1.29 is 9.25 Å². The molecule has 0 saturated carbocycles. The fourth-order valence-electron chi connectivity index (χ4n) is 2.98. The summed E-state index contributed by atoms with van der Waals surface area (Å²) in [6, 6.07) is 8.62. The van der Waals surface area contributed by atoms with Crippen molar-refractivity contribution in [3.8, 4) is 11.4 Å². The van der Waals surface area contributed by atoms with Crippen molar-refractivity contribution in [2.24, 2.45) is 7.05 Å². The molecule has 2 heterocycles. The second kappa shape index (κ2) is 5.86. The predicted molar refractivity (Wildman–Crippen MR) is 94.4 cm³/mol. The van der Waals surface area contributed by atoms with Crippen LogP contribution in [0.25, 0.3) is 11.4 Å². The van der Waals surface area contributed by atoms with Crippen molar-refractivity contribution in [2.45, 2.75) is 40.0 Å². The highest BCUT2D eigenvalue weighted by atomic mass is 15.4. The summed E-state index contributed by atoms with van der Waals surface area (Å²) in [5, 5.41) is 0. The average Bonchev–Trinajstić information content (AvgIpc) is 2.93. The maximum atomic E-state index is 4.45. The third-order valence-electron chi connectivity index (χ3n) is 4.53. The zero-order valence-corrected chi connectivity index (χ0v) is 15.4. The van der Waals surface area contributed by atoms with Gasteiger partial charge < -0.3 is 0 Å². The van der Waals surface area contributed by atoms with Crippen LogP contribution in [0.4, 0.5) is 0 Å². The van der Waals surface area contributed by atoms with Crippen LogP contribution >= 0.6 is 0 Å². The van der Waals surface area contributed by atoms with Crippen LogP contribution in [-0.4, -0.2) is 9.67 Å². The highest BCUT2D eigenvalue weighted by Crippen LogP contribution is 2.27. The molecule has 0 unspecified atom stereocenters. The van der Waals surface area contributed by atoms with Crippen molar-refractivity contribution in [3.63, 3.8) is 0 Å². The van der Waals surface area contributed by atoms with Gasteiger partial charge in [-0.25, -0.2) is 0 Å². The molecule has 3 rings (SSSR count). The van der Waals surface area contributed by atoms with E-state index in [9.17, 15) is 0 Å². The van der Waals surface area contributed by atoms with Crippen LogP contribution in [0.5, 0.6) is 0 Å². The van der Waals surface area contributed by atoms with Crippen LogP contribution in [0.1, 0.15) is 37.7 Å². The van der Waals surface area contributed by atoms with Gasteiger partial charge in [-0.05, 0) is 24.0 Å². The smallest absolute Gasteiger partial charge is 0.200 e. The minimum absolute atomic E-state index is 0.0690. The van der Waals surface area contributed by atoms with Crippen molar-refractivity contribution in [3.05, 3.63) is 66.0 Å². The monoisotopic (exact) mass is 322 g/mol. The second-order valence-electron chi connectivity index (χ2n) is 7.34.